The molecule has 0 bridgehead atoms. The van der Waals surface area contributed by atoms with Crippen LogP contribution in [0, 0.1) is 11.8 Å². The fourth-order valence-corrected chi connectivity index (χ4v) is 1.66. The lowest BCUT2D eigenvalue weighted by Gasteiger charge is -2.15. The SMILES string of the molecule is COCC1OC(OC(C)=O)C(C)C1C. The first-order chi connectivity index (χ1) is 6.56. The molecule has 4 unspecified atom stereocenters. The van der Waals surface area contributed by atoms with E-state index in [4.69, 9.17) is 14.2 Å². The molecule has 4 nitrogen and oxygen atoms in total. The average molecular weight is 202 g/mol. The Morgan fingerprint density at radius 2 is 2.00 bits per heavy atom. The lowest BCUT2D eigenvalue weighted by molar-refractivity contribution is -0.180. The van der Waals surface area contributed by atoms with E-state index in [-0.39, 0.29) is 18.0 Å². The Kier molecular flexibility index (Phi) is 3.89. The molecule has 0 aromatic carbocycles. The minimum Gasteiger partial charge on any atom is -0.436 e. The molecule has 0 amide bonds. The maximum absolute atomic E-state index is 10.8. The number of methoxy groups -OCH3 is 1. The summed E-state index contributed by atoms with van der Waals surface area (Å²) in [6.45, 7) is 6.04. The van der Waals surface area contributed by atoms with Gasteiger partial charge in [0, 0.05) is 20.0 Å². The van der Waals surface area contributed by atoms with E-state index in [2.05, 4.69) is 6.92 Å². The molecule has 1 fully saturated rings. The van der Waals surface area contributed by atoms with Gasteiger partial charge in [0.25, 0.3) is 0 Å². The molecule has 14 heavy (non-hydrogen) atoms. The van der Waals surface area contributed by atoms with Gasteiger partial charge in [-0.3, -0.25) is 4.79 Å². The third kappa shape index (κ3) is 2.45. The second-order valence-electron chi connectivity index (χ2n) is 3.83. The predicted octanol–water partition coefficient (Wildman–Crippen LogP) is 1.19. The summed E-state index contributed by atoms with van der Waals surface area (Å²) in [6.07, 6.45) is -0.387. The second kappa shape index (κ2) is 4.75. The summed E-state index contributed by atoms with van der Waals surface area (Å²) in [5, 5.41) is 0. The number of ether oxygens (including phenoxy) is 3. The summed E-state index contributed by atoms with van der Waals surface area (Å²) in [5.41, 5.74) is 0. The van der Waals surface area contributed by atoms with Gasteiger partial charge in [-0.15, -0.1) is 0 Å². The molecule has 1 aliphatic heterocycles. The molecular weight excluding hydrogens is 184 g/mol. The fourth-order valence-electron chi connectivity index (χ4n) is 1.66. The number of carbonyl (C=O) groups is 1. The van der Waals surface area contributed by atoms with Crippen LogP contribution in [0.2, 0.25) is 0 Å². The normalized spacial score (nSPS) is 37.1. The van der Waals surface area contributed by atoms with E-state index in [1.165, 1.54) is 6.92 Å². The first-order valence-corrected chi connectivity index (χ1v) is 4.88. The number of esters is 1. The van der Waals surface area contributed by atoms with Crippen LogP contribution in [0.15, 0.2) is 0 Å². The zero-order valence-corrected chi connectivity index (χ0v) is 9.15. The van der Waals surface area contributed by atoms with Crippen LogP contribution in [0.25, 0.3) is 0 Å². The first kappa shape index (κ1) is 11.5. The molecule has 0 aliphatic carbocycles. The molecule has 1 heterocycles. The van der Waals surface area contributed by atoms with Crippen LogP contribution >= 0.6 is 0 Å². The quantitative estimate of drug-likeness (QED) is 0.645. The van der Waals surface area contributed by atoms with Crippen molar-refractivity contribution in [2.75, 3.05) is 13.7 Å². The molecule has 0 aromatic rings. The Morgan fingerprint density at radius 1 is 1.36 bits per heavy atom. The minimum atomic E-state index is -0.414. The van der Waals surface area contributed by atoms with Crippen molar-refractivity contribution in [2.45, 2.75) is 33.2 Å². The smallest absolute Gasteiger partial charge is 0.304 e. The summed E-state index contributed by atoms with van der Waals surface area (Å²) < 4.78 is 15.7. The number of carbonyl (C=O) groups excluding carboxylic acids is 1. The highest BCUT2D eigenvalue weighted by Crippen LogP contribution is 2.32. The molecule has 1 aliphatic rings. The molecular formula is C10H18O4. The highest BCUT2D eigenvalue weighted by Gasteiger charge is 2.40. The molecule has 4 heteroatoms. The molecule has 82 valence electrons. The lowest BCUT2D eigenvalue weighted by atomic mass is 9.94. The van der Waals surface area contributed by atoms with Crippen molar-refractivity contribution < 1.29 is 19.0 Å². The van der Waals surface area contributed by atoms with Crippen LogP contribution in [-0.2, 0) is 19.0 Å². The Labute approximate surface area is 84.5 Å². The highest BCUT2D eigenvalue weighted by molar-refractivity contribution is 5.66. The molecule has 1 rings (SSSR count). The lowest BCUT2D eigenvalue weighted by Crippen LogP contribution is -2.22. The highest BCUT2D eigenvalue weighted by atomic mass is 16.7. The molecule has 0 saturated carbocycles. The van der Waals surface area contributed by atoms with Crippen molar-refractivity contribution in [3.63, 3.8) is 0 Å². The van der Waals surface area contributed by atoms with Crippen LogP contribution < -0.4 is 0 Å². The Hall–Kier alpha value is -0.610. The van der Waals surface area contributed by atoms with Crippen molar-refractivity contribution in [3.8, 4) is 0 Å². The van der Waals surface area contributed by atoms with Gasteiger partial charge in [-0.05, 0) is 5.92 Å². The third-order valence-corrected chi connectivity index (χ3v) is 2.77. The first-order valence-electron chi connectivity index (χ1n) is 4.88. The average Bonchev–Trinajstić information content (AvgIpc) is 2.34. The number of hydrogen-bond acceptors (Lipinski definition) is 4. The van der Waals surface area contributed by atoms with Gasteiger partial charge in [-0.25, -0.2) is 0 Å². The van der Waals surface area contributed by atoms with Crippen LogP contribution in [0.3, 0.4) is 0 Å². The van der Waals surface area contributed by atoms with Crippen LogP contribution in [0.4, 0.5) is 0 Å². The topological polar surface area (TPSA) is 44.8 Å². The number of rotatable bonds is 3. The molecule has 0 aromatic heterocycles. The van der Waals surface area contributed by atoms with E-state index in [0.29, 0.717) is 12.5 Å². The van der Waals surface area contributed by atoms with E-state index < -0.39 is 6.29 Å². The Bertz CT molecular complexity index is 204. The maximum atomic E-state index is 10.8. The fraction of sp³-hybridized carbons (Fsp3) is 0.900. The Morgan fingerprint density at radius 3 is 2.50 bits per heavy atom. The summed E-state index contributed by atoms with van der Waals surface area (Å²) in [4.78, 5) is 10.8. The van der Waals surface area contributed by atoms with Crippen molar-refractivity contribution in [3.05, 3.63) is 0 Å². The van der Waals surface area contributed by atoms with Gasteiger partial charge in [0.2, 0.25) is 6.29 Å². The van der Waals surface area contributed by atoms with E-state index >= 15 is 0 Å². The van der Waals surface area contributed by atoms with Crippen molar-refractivity contribution >= 4 is 5.97 Å². The zero-order valence-electron chi connectivity index (χ0n) is 9.15. The van der Waals surface area contributed by atoms with Crippen LogP contribution in [0.1, 0.15) is 20.8 Å². The van der Waals surface area contributed by atoms with Gasteiger partial charge in [0.15, 0.2) is 0 Å². The van der Waals surface area contributed by atoms with Crippen LogP contribution in [-0.4, -0.2) is 32.1 Å². The summed E-state index contributed by atoms with van der Waals surface area (Å²) in [5.74, 6) is 0.269. The summed E-state index contributed by atoms with van der Waals surface area (Å²) in [7, 11) is 1.64. The van der Waals surface area contributed by atoms with Crippen molar-refractivity contribution in [2.24, 2.45) is 11.8 Å². The van der Waals surface area contributed by atoms with Crippen molar-refractivity contribution in [1.82, 2.24) is 0 Å². The monoisotopic (exact) mass is 202 g/mol. The number of hydrogen-bond donors (Lipinski definition) is 0. The maximum Gasteiger partial charge on any atom is 0.304 e. The van der Waals surface area contributed by atoms with Gasteiger partial charge >= 0.3 is 5.97 Å². The largest absolute Gasteiger partial charge is 0.436 e. The van der Waals surface area contributed by atoms with E-state index in [0.717, 1.165) is 0 Å². The van der Waals surface area contributed by atoms with E-state index in [9.17, 15) is 4.79 Å². The van der Waals surface area contributed by atoms with E-state index in [1.54, 1.807) is 7.11 Å². The summed E-state index contributed by atoms with van der Waals surface area (Å²) in [6, 6.07) is 0. The van der Waals surface area contributed by atoms with Gasteiger partial charge in [0.1, 0.15) is 0 Å². The van der Waals surface area contributed by atoms with Crippen molar-refractivity contribution in [1.29, 1.82) is 0 Å². The van der Waals surface area contributed by atoms with Gasteiger partial charge < -0.3 is 14.2 Å². The molecule has 0 spiro atoms. The molecule has 0 N–H and O–H groups in total. The predicted molar refractivity (Wildman–Crippen MR) is 50.6 cm³/mol. The van der Waals surface area contributed by atoms with Gasteiger partial charge in [0.05, 0.1) is 12.7 Å². The van der Waals surface area contributed by atoms with E-state index in [1.807, 2.05) is 6.92 Å². The minimum absolute atomic E-state index is 0.0272. The van der Waals surface area contributed by atoms with Crippen LogP contribution in [0.5, 0.6) is 0 Å². The molecule has 0 radical (unpaired) electrons. The Balaban J connectivity index is 2.52. The summed E-state index contributed by atoms with van der Waals surface area (Å²) >= 11 is 0. The molecule has 4 atom stereocenters. The standard InChI is InChI=1S/C10H18O4/c1-6-7(2)10(13-8(3)11)14-9(6)5-12-4/h6-7,9-10H,5H2,1-4H3. The second-order valence-corrected chi connectivity index (χ2v) is 3.83. The third-order valence-electron chi connectivity index (χ3n) is 2.77. The molecule has 1 saturated heterocycles. The zero-order chi connectivity index (χ0) is 10.7. The van der Waals surface area contributed by atoms with Gasteiger partial charge in [-0.1, -0.05) is 13.8 Å². The van der Waals surface area contributed by atoms with Gasteiger partial charge in [-0.2, -0.15) is 0 Å².